The summed E-state index contributed by atoms with van der Waals surface area (Å²) in [6.45, 7) is 1.91. The van der Waals surface area contributed by atoms with Gasteiger partial charge in [-0.3, -0.25) is 9.59 Å². The summed E-state index contributed by atoms with van der Waals surface area (Å²) in [5.74, 6) is 1.42. The molecule has 0 saturated carbocycles. The number of hydrogen-bond donors (Lipinski definition) is 3. The van der Waals surface area contributed by atoms with Crippen molar-refractivity contribution in [1.29, 1.82) is 0 Å². The smallest absolute Gasteiger partial charge is 0.255 e. The van der Waals surface area contributed by atoms with Gasteiger partial charge >= 0.3 is 0 Å². The first-order chi connectivity index (χ1) is 11.6. The second-order valence-corrected chi connectivity index (χ2v) is 7.52. The molecule has 3 rings (SSSR count). The van der Waals surface area contributed by atoms with Crippen LogP contribution < -0.4 is 10.9 Å². The largest absolute Gasteiger partial charge is 0.508 e. The lowest BCUT2D eigenvalue weighted by Crippen LogP contribution is -2.25. The number of anilines is 1. The van der Waals surface area contributed by atoms with Crippen LogP contribution >= 0.6 is 23.5 Å². The Kier molecular flexibility index (Phi) is 5.15. The molecule has 8 heteroatoms. The summed E-state index contributed by atoms with van der Waals surface area (Å²) in [6, 6.07) is 6.30. The maximum Gasteiger partial charge on any atom is 0.255 e. The predicted octanol–water partition coefficient (Wildman–Crippen LogP) is 2.73. The van der Waals surface area contributed by atoms with Gasteiger partial charge in [-0.25, -0.2) is 4.98 Å². The molecule has 1 aromatic carbocycles. The second-order valence-electron chi connectivity index (χ2n) is 5.34. The number of nitrogens with zero attached hydrogens (tertiary/aromatic N) is 1. The van der Waals surface area contributed by atoms with Crippen molar-refractivity contribution in [1.82, 2.24) is 9.97 Å². The summed E-state index contributed by atoms with van der Waals surface area (Å²) in [7, 11) is 0. The summed E-state index contributed by atoms with van der Waals surface area (Å²) >= 11 is 2.93. The number of aromatic nitrogens is 2. The van der Waals surface area contributed by atoms with Crippen LogP contribution in [0.25, 0.3) is 0 Å². The number of aromatic hydroxyl groups is 1. The minimum absolute atomic E-state index is 0.110. The first-order valence-electron chi connectivity index (χ1n) is 7.53. The van der Waals surface area contributed by atoms with Gasteiger partial charge in [0, 0.05) is 22.8 Å². The predicted molar refractivity (Wildman–Crippen MR) is 96.5 cm³/mol. The molecule has 24 heavy (non-hydrogen) atoms. The van der Waals surface area contributed by atoms with E-state index in [4.69, 9.17) is 0 Å². The highest BCUT2D eigenvalue weighted by Crippen LogP contribution is 2.29. The van der Waals surface area contributed by atoms with E-state index >= 15 is 0 Å². The van der Waals surface area contributed by atoms with E-state index in [9.17, 15) is 14.7 Å². The van der Waals surface area contributed by atoms with Crippen LogP contribution in [0, 0.1) is 0 Å². The molecule has 2 aromatic rings. The molecule has 1 aliphatic rings. The van der Waals surface area contributed by atoms with Crippen LogP contribution in [0.5, 0.6) is 5.75 Å². The van der Waals surface area contributed by atoms with Crippen molar-refractivity contribution in [3.63, 3.8) is 0 Å². The third-order valence-electron chi connectivity index (χ3n) is 3.62. The number of hydrogen-bond acceptors (Lipinski definition) is 6. The number of phenolic OH excluding ortho intramolecular Hbond substituents is 1. The van der Waals surface area contributed by atoms with Crippen molar-refractivity contribution in [3.8, 4) is 5.75 Å². The van der Waals surface area contributed by atoms with E-state index in [1.807, 2.05) is 6.92 Å². The number of benzene rings is 1. The summed E-state index contributed by atoms with van der Waals surface area (Å²) in [6.07, 6.45) is 0.601. The number of fused-ring (bicyclic) bond motifs is 1. The fourth-order valence-electron chi connectivity index (χ4n) is 2.32. The Hall–Kier alpha value is -1.93. The maximum atomic E-state index is 12.4. The van der Waals surface area contributed by atoms with Crippen molar-refractivity contribution in [2.45, 2.75) is 35.3 Å². The second kappa shape index (κ2) is 7.31. The number of carbonyl (C=O) groups excluding carboxylic acids is 1. The highest BCUT2D eigenvalue weighted by Gasteiger charge is 2.22. The van der Waals surface area contributed by atoms with E-state index in [0.29, 0.717) is 23.0 Å². The Balaban J connectivity index is 1.72. The van der Waals surface area contributed by atoms with Crippen molar-refractivity contribution in [3.05, 3.63) is 45.9 Å². The van der Waals surface area contributed by atoms with Crippen LogP contribution in [-0.4, -0.2) is 26.2 Å². The van der Waals surface area contributed by atoms with E-state index < -0.39 is 0 Å². The Labute approximate surface area is 147 Å². The molecule has 0 aliphatic carbocycles. The SMILES string of the molecule is CCC(Sc1nc2c(c(=O)[nH]1)CSC2)C(=O)Nc1ccc(O)cc1. The fourth-order valence-corrected chi connectivity index (χ4v) is 4.27. The van der Waals surface area contributed by atoms with Gasteiger partial charge in [0.05, 0.1) is 10.9 Å². The Morgan fingerprint density at radius 1 is 1.42 bits per heavy atom. The van der Waals surface area contributed by atoms with Gasteiger partial charge in [-0.1, -0.05) is 18.7 Å². The quantitative estimate of drug-likeness (QED) is 0.429. The lowest BCUT2D eigenvalue weighted by molar-refractivity contribution is -0.115. The van der Waals surface area contributed by atoms with Gasteiger partial charge in [0.25, 0.3) is 5.56 Å². The van der Waals surface area contributed by atoms with Gasteiger partial charge in [0.15, 0.2) is 5.16 Å². The van der Waals surface area contributed by atoms with Crippen molar-refractivity contribution in [2.75, 3.05) is 5.32 Å². The zero-order valence-electron chi connectivity index (χ0n) is 13.0. The van der Waals surface area contributed by atoms with Gasteiger partial charge in [-0.15, -0.1) is 0 Å². The highest BCUT2D eigenvalue weighted by atomic mass is 32.2. The van der Waals surface area contributed by atoms with Gasteiger partial charge in [-0.2, -0.15) is 11.8 Å². The molecule has 0 saturated heterocycles. The average molecular weight is 363 g/mol. The van der Waals surface area contributed by atoms with Crippen molar-refractivity contribution < 1.29 is 9.90 Å². The molecule has 1 atom stereocenters. The van der Waals surface area contributed by atoms with E-state index in [-0.39, 0.29) is 22.5 Å². The van der Waals surface area contributed by atoms with Crippen LogP contribution in [0.3, 0.4) is 0 Å². The van der Waals surface area contributed by atoms with Gasteiger partial charge < -0.3 is 15.4 Å². The molecule has 1 aliphatic heterocycles. The summed E-state index contributed by atoms with van der Waals surface area (Å²) in [4.78, 5) is 31.7. The Morgan fingerprint density at radius 2 is 2.17 bits per heavy atom. The number of thioether (sulfide) groups is 2. The normalized spacial score (nSPS) is 14.2. The molecule has 3 N–H and O–H groups in total. The summed E-state index contributed by atoms with van der Waals surface area (Å²) < 4.78 is 0. The van der Waals surface area contributed by atoms with E-state index in [1.165, 1.54) is 23.9 Å². The van der Waals surface area contributed by atoms with Crippen LogP contribution in [0.4, 0.5) is 5.69 Å². The highest BCUT2D eigenvalue weighted by molar-refractivity contribution is 8.00. The number of phenols is 1. The maximum absolute atomic E-state index is 12.4. The molecule has 6 nitrogen and oxygen atoms in total. The summed E-state index contributed by atoms with van der Waals surface area (Å²) in [5.41, 5.74) is 2.07. The molecule has 0 bridgehead atoms. The number of H-pyrrole nitrogens is 1. The molecule has 0 fully saturated rings. The minimum Gasteiger partial charge on any atom is -0.508 e. The van der Waals surface area contributed by atoms with Crippen LogP contribution in [0.1, 0.15) is 24.6 Å². The molecule has 1 amide bonds. The average Bonchev–Trinajstić information content (AvgIpc) is 3.03. The number of nitrogens with one attached hydrogen (secondary N) is 2. The topological polar surface area (TPSA) is 95.1 Å². The van der Waals surface area contributed by atoms with Crippen LogP contribution in [0.2, 0.25) is 0 Å². The number of rotatable bonds is 5. The van der Waals surface area contributed by atoms with Crippen molar-refractivity contribution in [2.24, 2.45) is 0 Å². The summed E-state index contributed by atoms with van der Waals surface area (Å²) in [5, 5.41) is 12.2. The molecule has 1 aromatic heterocycles. The van der Waals surface area contributed by atoms with E-state index in [1.54, 1.807) is 23.9 Å². The number of amides is 1. The lowest BCUT2D eigenvalue weighted by Gasteiger charge is -2.14. The lowest BCUT2D eigenvalue weighted by atomic mass is 10.2. The van der Waals surface area contributed by atoms with Crippen LogP contribution in [0.15, 0.2) is 34.2 Å². The zero-order chi connectivity index (χ0) is 17.1. The first kappa shape index (κ1) is 16.9. The third-order valence-corrected chi connectivity index (χ3v) is 5.84. The molecular weight excluding hydrogens is 346 g/mol. The molecule has 0 spiro atoms. The fraction of sp³-hybridized carbons (Fsp3) is 0.312. The first-order valence-corrected chi connectivity index (χ1v) is 9.56. The minimum atomic E-state index is -0.367. The number of carbonyl (C=O) groups is 1. The Morgan fingerprint density at radius 3 is 2.88 bits per heavy atom. The molecule has 1 unspecified atom stereocenters. The molecule has 0 radical (unpaired) electrons. The zero-order valence-corrected chi connectivity index (χ0v) is 14.7. The van der Waals surface area contributed by atoms with Crippen molar-refractivity contribution >= 4 is 35.1 Å². The van der Waals surface area contributed by atoms with Gasteiger partial charge in [-0.05, 0) is 30.7 Å². The molecular formula is C16H17N3O3S2. The molecule has 126 valence electrons. The van der Waals surface area contributed by atoms with E-state index in [2.05, 4.69) is 15.3 Å². The van der Waals surface area contributed by atoms with Gasteiger partial charge in [0.1, 0.15) is 5.75 Å². The Bertz CT molecular complexity index is 805. The van der Waals surface area contributed by atoms with Gasteiger partial charge in [0.2, 0.25) is 5.91 Å². The molecule has 2 heterocycles. The van der Waals surface area contributed by atoms with E-state index in [0.717, 1.165) is 17.0 Å². The van der Waals surface area contributed by atoms with Crippen LogP contribution in [-0.2, 0) is 16.3 Å². The number of aromatic amines is 1. The monoisotopic (exact) mass is 363 g/mol. The standard InChI is InChI=1S/C16H17N3O3S2/c1-2-13(15(22)17-9-3-5-10(20)6-4-9)24-16-18-12-8-23-7-11(12)14(21)19-16/h3-6,13,20H,2,7-8H2,1H3,(H,17,22)(H,18,19,21). The third kappa shape index (κ3) is 3.76.